The van der Waals surface area contributed by atoms with Gasteiger partial charge in [-0.2, -0.15) is 5.26 Å². The molecule has 31 heavy (non-hydrogen) atoms. The van der Waals surface area contributed by atoms with Gasteiger partial charge >= 0.3 is 0 Å². The lowest BCUT2D eigenvalue weighted by Gasteiger charge is -2.44. The van der Waals surface area contributed by atoms with Gasteiger partial charge in [-0.3, -0.25) is 9.69 Å². The van der Waals surface area contributed by atoms with E-state index in [0.29, 0.717) is 23.6 Å². The van der Waals surface area contributed by atoms with E-state index in [-0.39, 0.29) is 30.5 Å². The normalized spacial score (nSPS) is 31.3. The second-order valence-electron chi connectivity index (χ2n) is 9.60. The van der Waals surface area contributed by atoms with E-state index in [1.807, 2.05) is 6.07 Å². The van der Waals surface area contributed by atoms with Crippen LogP contribution in [0.3, 0.4) is 0 Å². The fraction of sp³-hybridized carbons (Fsp3) is 0.667. The minimum absolute atomic E-state index is 0.107. The van der Waals surface area contributed by atoms with Crippen molar-refractivity contribution in [2.75, 3.05) is 44.3 Å². The number of halogens is 1. The number of piperazine rings is 1. The SMILES string of the molecule is N#C[C@@H](CC(=O)[C@H]1N[C@@H]2CC[C@H]1C2)Cc1ccc(N2CCN3CCOC[C@@H]3C2)cc1F. The van der Waals surface area contributed by atoms with Gasteiger partial charge < -0.3 is 15.0 Å². The molecule has 4 fully saturated rings. The Balaban J connectivity index is 1.20. The maximum absolute atomic E-state index is 14.9. The summed E-state index contributed by atoms with van der Waals surface area (Å²) < 4.78 is 20.5. The minimum Gasteiger partial charge on any atom is -0.378 e. The molecule has 4 aliphatic rings. The third kappa shape index (κ3) is 4.34. The van der Waals surface area contributed by atoms with Crippen LogP contribution in [0.5, 0.6) is 0 Å². The number of ketones is 1. The third-order valence-corrected chi connectivity index (χ3v) is 7.64. The summed E-state index contributed by atoms with van der Waals surface area (Å²) in [5, 5.41) is 13.0. The molecule has 5 rings (SSSR count). The van der Waals surface area contributed by atoms with Crippen LogP contribution in [0.1, 0.15) is 31.2 Å². The number of nitrogens with zero attached hydrogens (tertiary/aromatic N) is 3. The standard InChI is InChI=1S/C24H31FN4O2/c25-22-12-20(29-6-5-28-7-8-31-15-21(28)14-29)4-2-17(22)9-16(13-26)10-23(30)24-18-1-3-19(11-18)27-24/h2,4,12,16,18-19,21,24,27H,1,3,5-11,14-15H2/t16-,18+,19-,21+,24+/m1/s1. The van der Waals surface area contributed by atoms with Gasteiger partial charge in [0.2, 0.25) is 0 Å². The topological polar surface area (TPSA) is 68.6 Å². The molecule has 3 heterocycles. The van der Waals surface area contributed by atoms with Gasteiger partial charge in [-0.1, -0.05) is 6.07 Å². The number of hydrogen-bond acceptors (Lipinski definition) is 6. The molecule has 0 aromatic heterocycles. The van der Waals surface area contributed by atoms with Crippen molar-refractivity contribution in [3.63, 3.8) is 0 Å². The summed E-state index contributed by atoms with van der Waals surface area (Å²) >= 11 is 0. The molecule has 7 heteroatoms. The van der Waals surface area contributed by atoms with Crippen molar-refractivity contribution in [3.05, 3.63) is 29.6 Å². The summed E-state index contributed by atoms with van der Waals surface area (Å²) in [6.45, 7) is 5.17. The van der Waals surface area contributed by atoms with Gasteiger partial charge in [0.1, 0.15) is 5.82 Å². The van der Waals surface area contributed by atoms with Gasteiger partial charge in [0, 0.05) is 44.3 Å². The van der Waals surface area contributed by atoms with Gasteiger partial charge in [0.15, 0.2) is 5.78 Å². The number of morpholine rings is 1. The first-order valence-corrected chi connectivity index (χ1v) is 11.6. The van der Waals surface area contributed by atoms with E-state index in [1.54, 1.807) is 12.1 Å². The fourth-order valence-electron chi connectivity index (χ4n) is 5.89. The lowest BCUT2D eigenvalue weighted by molar-refractivity contribution is -0.122. The van der Waals surface area contributed by atoms with Gasteiger partial charge in [-0.25, -0.2) is 4.39 Å². The van der Waals surface area contributed by atoms with Gasteiger partial charge in [-0.05, 0) is 49.3 Å². The molecule has 0 spiro atoms. The first-order chi connectivity index (χ1) is 15.1. The number of piperidine rings is 1. The predicted molar refractivity (Wildman–Crippen MR) is 115 cm³/mol. The minimum atomic E-state index is -0.489. The Morgan fingerprint density at radius 2 is 2.23 bits per heavy atom. The van der Waals surface area contributed by atoms with Crippen LogP contribution in [-0.2, 0) is 16.0 Å². The highest BCUT2D eigenvalue weighted by molar-refractivity contribution is 5.85. The average molecular weight is 427 g/mol. The van der Waals surface area contributed by atoms with Crippen molar-refractivity contribution in [1.29, 1.82) is 5.26 Å². The largest absolute Gasteiger partial charge is 0.378 e. The summed E-state index contributed by atoms with van der Waals surface area (Å²) in [5.41, 5.74) is 1.39. The van der Waals surface area contributed by atoms with Crippen LogP contribution in [0.4, 0.5) is 10.1 Å². The lowest BCUT2D eigenvalue weighted by Crippen LogP contribution is -2.58. The Bertz CT molecular complexity index is 872. The van der Waals surface area contributed by atoms with Crippen molar-refractivity contribution >= 4 is 11.5 Å². The number of Topliss-reactive ketones (excluding diaryl/α,β-unsaturated/α-hetero) is 1. The average Bonchev–Trinajstić information content (AvgIpc) is 3.43. The van der Waals surface area contributed by atoms with Gasteiger partial charge in [0.25, 0.3) is 0 Å². The Morgan fingerprint density at radius 1 is 1.32 bits per heavy atom. The molecule has 0 unspecified atom stereocenters. The van der Waals surface area contributed by atoms with E-state index >= 15 is 0 Å². The first-order valence-electron chi connectivity index (χ1n) is 11.6. The van der Waals surface area contributed by atoms with Crippen LogP contribution >= 0.6 is 0 Å². The van der Waals surface area contributed by atoms with E-state index in [4.69, 9.17) is 4.74 Å². The number of carbonyl (C=O) groups excluding carboxylic acids is 1. The monoisotopic (exact) mass is 426 g/mol. The van der Waals surface area contributed by atoms with Crippen LogP contribution in [0.15, 0.2) is 18.2 Å². The number of hydrogen-bond donors (Lipinski definition) is 1. The number of benzene rings is 1. The highest BCUT2D eigenvalue weighted by atomic mass is 19.1. The molecule has 1 aliphatic carbocycles. The lowest BCUT2D eigenvalue weighted by atomic mass is 9.88. The number of ether oxygens (including phenoxy) is 1. The predicted octanol–water partition coefficient (Wildman–Crippen LogP) is 2.13. The Kier molecular flexibility index (Phi) is 5.96. The van der Waals surface area contributed by atoms with Crippen LogP contribution in [-0.4, -0.2) is 68.2 Å². The summed E-state index contributed by atoms with van der Waals surface area (Å²) in [7, 11) is 0. The summed E-state index contributed by atoms with van der Waals surface area (Å²) in [6, 6.07) is 8.28. The summed E-state index contributed by atoms with van der Waals surface area (Å²) in [4.78, 5) is 17.4. The van der Waals surface area contributed by atoms with Crippen LogP contribution in [0.25, 0.3) is 0 Å². The maximum atomic E-state index is 14.9. The summed E-state index contributed by atoms with van der Waals surface area (Å²) in [6.07, 6.45) is 3.80. The zero-order valence-electron chi connectivity index (χ0n) is 17.9. The molecule has 2 bridgehead atoms. The molecule has 1 N–H and O–H groups in total. The maximum Gasteiger partial charge on any atom is 0.151 e. The van der Waals surface area contributed by atoms with E-state index in [1.165, 1.54) is 0 Å². The molecule has 0 radical (unpaired) electrons. The van der Waals surface area contributed by atoms with E-state index in [2.05, 4.69) is 21.2 Å². The second kappa shape index (κ2) is 8.85. The number of nitriles is 1. The molecule has 0 amide bonds. The first kappa shape index (κ1) is 20.9. The molecule has 1 aromatic rings. The zero-order valence-corrected chi connectivity index (χ0v) is 17.9. The molecule has 1 saturated carbocycles. The highest BCUT2D eigenvalue weighted by Crippen LogP contribution is 2.36. The van der Waals surface area contributed by atoms with Crippen LogP contribution in [0, 0.1) is 29.0 Å². The van der Waals surface area contributed by atoms with Gasteiger partial charge in [0.05, 0.1) is 37.3 Å². The number of nitrogens with one attached hydrogen (secondary N) is 1. The molecule has 5 atom stereocenters. The fourth-order valence-corrected chi connectivity index (χ4v) is 5.89. The molecule has 166 valence electrons. The van der Waals surface area contributed by atoms with Crippen molar-refractivity contribution in [2.45, 2.75) is 50.2 Å². The van der Waals surface area contributed by atoms with Crippen LogP contribution < -0.4 is 10.2 Å². The molecular weight excluding hydrogens is 395 g/mol. The Morgan fingerprint density at radius 3 is 2.97 bits per heavy atom. The molecule has 3 saturated heterocycles. The van der Waals surface area contributed by atoms with E-state index in [9.17, 15) is 14.4 Å². The Labute approximate surface area is 183 Å². The smallest absolute Gasteiger partial charge is 0.151 e. The van der Waals surface area contributed by atoms with Crippen molar-refractivity contribution in [3.8, 4) is 6.07 Å². The Hall–Kier alpha value is -2.01. The van der Waals surface area contributed by atoms with Crippen molar-refractivity contribution < 1.29 is 13.9 Å². The summed E-state index contributed by atoms with van der Waals surface area (Å²) in [5.74, 6) is -0.242. The second-order valence-corrected chi connectivity index (χ2v) is 9.60. The van der Waals surface area contributed by atoms with E-state index in [0.717, 1.165) is 64.3 Å². The third-order valence-electron chi connectivity index (χ3n) is 7.64. The molecular formula is C24H31FN4O2. The number of rotatable bonds is 6. The van der Waals surface area contributed by atoms with E-state index < -0.39 is 5.92 Å². The number of carbonyl (C=O) groups is 1. The molecule has 6 nitrogen and oxygen atoms in total. The molecule has 3 aliphatic heterocycles. The van der Waals surface area contributed by atoms with Gasteiger partial charge in [-0.15, -0.1) is 0 Å². The quantitative estimate of drug-likeness (QED) is 0.752. The number of fused-ring (bicyclic) bond motifs is 3. The van der Waals surface area contributed by atoms with Crippen molar-refractivity contribution in [1.82, 2.24) is 10.2 Å². The molecule has 1 aromatic carbocycles. The van der Waals surface area contributed by atoms with Crippen molar-refractivity contribution in [2.24, 2.45) is 11.8 Å². The highest BCUT2D eigenvalue weighted by Gasteiger charge is 2.42. The van der Waals surface area contributed by atoms with Crippen LogP contribution in [0.2, 0.25) is 0 Å². The zero-order chi connectivity index (χ0) is 21.4. The number of anilines is 1.